The first-order valence-corrected chi connectivity index (χ1v) is 11.6. The number of aliphatic hydroxyl groups excluding tert-OH is 1. The third-order valence-electron chi connectivity index (χ3n) is 5.66. The van der Waals surface area contributed by atoms with Gasteiger partial charge in [-0.1, -0.05) is 18.2 Å². The quantitative estimate of drug-likeness (QED) is 0.294. The number of benzene rings is 1. The van der Waals surface area contributed by atoms with Gasteiger partial charge < -0.3 is 25.2 Å². The lowest BCUT2D eigenvalue weighted by Crippen LogP contribution is -2.49. The molecule has 35 heavy (non-hydrogen) atoms. The summed E-state index contributed by atoms with van der Waals surface area (Å²) in [5, 5.41) is 38.3. The fraction of sp³-hybridized carbons (Fsp3) is 0.609. The maximum atomic E-state index is 11.3. The molecule has 1 aromatic rings. The summed E-state index contributed by atoms with van der Waals surface area (Å²) >= 11 is 0. The Bertz CT molecular complexity index is 765. The maximum absolute atomic E-state index is 11.3. The number of carboxylic acid groups (broad SMARTS) is 3. The van der Waals surface area contributed by atoms with Crippen molar-refractivity contribution in [3.8, 4) is 5.75 Å². The number of carboxylic acids is 3. The minimum Gasteiger partial charge on any atom is -0.491 e. The lowest BCUT2D eigenvalue weighted by atomic mass is 10.3. The van der Waals surface area contributed by atoms with Gasteiger partial charge in [-0.3, -0.25) is 34.0 Å². The Morgan fingerprint density at radius 1 is 0.686 bits per heavy atom. The van der Waals surface area contributed by atoms with E-state index in [0.29, 0.717) is 58.1 Å². The minimum absolute atomic E-state index is 0.0857. The molecule has 1 fully saturated rings. The normalized spacial score (nSPS) is 18.8. The lowest BCUT2D eigenvalue weighted by Gasteiger charge is -2.33. The molecule has 1 atom stereocenters. The van der Waals surface area contributed by atoms with E-state index in [2.05, 4.69) is 0 Å². The molecule has 0 radical (unpaired) electrons. The number of carbonyl (C=O) groups is 3. The molecule has 196 valence electrons. The average Bonchev–Trinajstić information content (AvgIpc) is 2.79. The van der Waals surface area contributed by atoms with Crippen LogP contribution in [0.15, 0.2) is 30.3 Å². The SMILES string of the molecule is O=C(O)CN1CCN(CC(=O)O)CCN(CC(O)COc2ccccc2)CCN(CC(=O)O)CC1. The fourth-order valence-corrected chi connectivity index (χ4v) is 3.87. The molecule has 0 spiro atoms. The lowest BCUT2D eigenvalue weighted by molar-refractivity contribution is -0.140. The monoisotopic (exact) mass is 496 g/mol. The zero-order valence-electron chi connectivity index (χ0n) is 19.9. The summed E-state index contributed by atoms with van der Waals surface area (Å²) in [6.45, 7) is 2.89. The van der Waals surface area contributed by atoms with Gasteiger partial charge in [0.25, 0.3) is 0 Å². The third kappa shape index (κ3) is 12.5. The minimum atomic E-state index is -0.996. The van der Waals surface area contributed by atoms with Crippen LogP contribution < -0.4 is 4.74 Å². The van der Waals surface area contributed by atoms with E-state index in [1.165, 1.54) is 0 Å². The van der Waals surface area contributed by atoms with E-state index in [4.69, 9.17) is 4.74 Å². The summed E-state index contributed by atoms with van der Waals surface area (Å²) in [6, 6.07) is 9.13. The van der Waals surface area contributed by atoms with Gasteiger partial charge in [0.15, 0.2) is 0 Å². The zero-order chi connectivity index (χ0) is 25.6. The van der Waals surface area contributed by atoms with Gasteiger partial charge in [-0.05, 0) is 12.1 Å². The third-order valence-corrected chi connectivity index (χ3v) is 5.66. The van der Waals surface area contributed by atoms with Crippen molar-refractivity contribution >= 4 is 17.9 Å². The number of hydrogen-bond acceptors (Lipinski definition) is 9. The first-order valence-electron chi connectivity index (χ1n) is 11.6. The molecule has 1 saturated heterocycles. The van der Waals surface area contributed by atoms with E-state index in [0.717, 1.165) is 0 Å². The molecule has 0 bridgehead atoms. The molecule has 1 aliphatic rings. The highest BCUT2D eigenvalue weighted by molar-refractivity contribution is 5.69. The highest BCUT2D eigenvalue weighted by atomic mass is 16.5. The summed E-state index contributed by atoms with van der Waals surface area (Å²) in [7, 11) is 0. The van der Waals surface area contributed by atoms with E-state index in [1.54, 1.807) is 26.8 Å². The molecule has 1 unspecified atom stereocenters. The zero-order valence-corrected chi connectivity index (χ0v) is 19.9. The predicted molar refractivity (Wildman–Crippen MR) is 127 cm³/mol. The van der Waals surface area contributed by atoms with Crippen LogP contribution in [-0.4, -0.2) is 149 Å². The number of aliphatic hydroxyl groups is 1. The molecule has 12 heteroatoms. The predicted octanol–water partition coefficient (Wildman–Crippen LogP) is -1.10. The van der Waals surface area contributed by atoms with Gasteiger partial charge in [0, 0.05) is 58.9 Å². The van der Waals surface area contributed by atoms with Crippen molar-refractivity contribution in [3.63, 3.8) is 0 Å². The Morgan fingerprint density at radius 2 is 1.06 bits per heavy atom. The maximum Gasteiger partial charge on any atom is 0.317 e. The Morgan fingerprint density at radius 3 is 1.43 bits per heavy atom. The van der Waals surface area contributed by atoms with E-state index in [1.807, 2.05) is 23.1 Å². The molecule has 1 heterocycles. The van der Waals surface area contributed by atoms with Gasteiger partial charge in [-0.15, -0.1) is 0 Å². The Kier molecular flexibility index (Phi) is 12.4. The molecule has 2 rings (SSSR count). The van der Waals surface area contributed by atoms with E-state index < -0.39 is 24.0 Å². The first kappa shape index (κ1) is 28.5. The fourth-order valence-electron chi connectivity index (χ4n) is 3.87. The van der Waals surface area contributed by atoms with Crippen molar-refractivity contribution in [2.75, 3.05) is 85.1 Å². The molecule has 4 N–H and O–H groups in total. The number of rotatable bonds is 11. The van der Waals surface area contributed by atoms with Crippen molar-refractivity contribution in [1.29, 1.82) is 0 Å². The second-order valence-electron chi connectivity index (χ2n) is 8.59. The number of para-hydroxylation sites is 1. The Balaban J connectivity index is 2.05. The number of ether oxygens (including phenoxy) is 1. The Labute approximate surface area is 204 Å². The van der Waals surface area contributed by atoms with Gasteiger partial charge in [0.1, 0.15) is 18.5 Å². The highest BCUT2D eigenvalue weighted by Gasteiger charge is 2.21. The van der Waals surface area contributed by atoms with Gasteiger partial charge in [0.05, 0.1) is 19.6 Å². The number of hydrogen-bond donors (Lipinski definition) is 4. The molecular formula is C23H36N4O8. The summed E-state index contributed by atoms with van der Waals surface area (Å²) in [4.78, 5) is 41.1. The highest BCUT2D eigenvalue weighted by Crippen LogP contribution is 2.09. The second kappa shape index (κ2) is 15.3. The van der Waals surface area contributed by atoms with Crippen molar-refractivity contribution < 1.29 is 39.5 Å². The molecule has 1 aliphatic heterocycles. The van der Waals surface area contributed by atoms with E-state index in [-0.39, 0.29) is 32.8 Å². The van der Waals surface area contributed by atoms with Crippen LogP contribution in [0.25, 0.3) is 0 Å². The molecule has 0 saturated carbocycles. The number of nitrogens with zero attached hydrogens (tertiary/aromatic N) is 4. The van der Waals surface area contributed by atoms with Crippen molar-refractivity contribution in [2.45, 2.75) is 6.10 Å². The van der Waals surface area contributed by atoms with Crippen LogP contribution in [0, 0.1) is 0 Å². The smallest absolute Gasteiger partial charge is 0.317 e. The summed E-state index contributed by atoms with van der Waals surface area (Å²) < 4.78 is 5.63. The Hall–Kier alpha value is -2.77. The van der Waals surface area contributed by atoms with Gasteiger partial charge >= 0.3 is 17.9 Å². The molecular weight excluding hydrogens is 460 g/mol. The van der Waals surface area contributed by atoms with Crippen LogP contribution in [0.3, 0.4) is 0 Å². The van der Waals surface area contributed by atoms with Crippen LogP contribution >= 0.6 is 0 Å². The summed E-state index contributed by atoms with van der Waals surface area (Å²) in [5.74, 6) is -2.30. The first-order chi connectivity index (χ1) is 16.7. The second-order valence-corrected chi connectivity index (χ2v) is 8.59. The molecule has 0 amide bonds. The van der Waals surface area contributed by atoms with Crippen LogP contribution in [0.2, 0.25) is 0 Å². The van der Waals surface area contributed by atoms with Crippen LogP contribution in [0.4, 0.5) is 0 Å². The average molecular weight is 497 g/mol. The van der Waals surface area contributed by atoms with Gasteiger partial charge in [-0.25, -0.2) is 0 Å². The van der Waals surface area contributed by atoms with Crippen LogP contribution in [0.1, 0.15) is 0 Å². The van der Waals surface area contributed by atoms with Crippen molar-refractivity contribution in [1.82, 2.24) is 19.6 Å². The molecule has 0 aliphatic carbocycles. The van der Waals surface area contributed by atoms with Gasteiger partial charge in [0.2, 0.25) is 0 Å². The molecule has 1 aromatic carbocycles. The summed E-state index contributed by atoms with van der Waals surface area (Å²) in [5.41, 5.74) is 0. The van der Waals surface area contributed by atoms with E-state index >= 15 is 0 Å². The van der Waals surface area contributed by atoms with Crippen LogP contribution in [0.5, 0.6) is 5.75 Å². The topological polar surface area (TPSA) is 154 Å². The van der Waals surface area contributed by atoms with Crippen molar-refractivity contribution in [3.05, 3.63) is 30.3 Å². The number of β-amino-alcohol motifs (C(OH)–C–C–N with tert-alkyl or cyclic N) is 1. The molecule has 12 nitrogen and oxygen atoms in total. The van der Waals surface area contributed by atoms with Crippen molar-refractivity contribution in [2.24, 2.45) is 0 Å². The summed E-state index contributed by atoms with van der Waals surface area (Å²) in [6.07, 6.45) is -0.796. The molecule has 0 aromatic heterocycles. The number of aliphatic carboxylic acids is 3. The van der Waals surface area contributed by atoms with E-state index in [9.17, 15) is 34.8 Å². The van der Waals surface area contributed by atoms with Crippen LogP contribution in [-0.2, 0) is 14.4 Å². The largest absolute Gasteiger partial charge is 0.491 e. The standard InChI is InChI=1S/C23H36N4O8/c28-19(18-35-20-4-2-1-3-5-20)14-24-6-8-25(15-21(29)30)10-12-27(17-23(33)34)13-11-26(9-7-24)16-22(31)32/h1-5,19,28H,6-18H2,(H,29,30)(H,31,32)(H,33,34). The van der Waals surface area contributed by atoms with Gasteiger partial charge in [-0.2, -0.15) is 0 Å².